The van der Waals surface area contributed by atoms with E-state index in [-0.39, 0.29) is 25.7 Å². The number of hydrogen-bond donors (Lipinski definition) is 3. The summed E-state index contributed by atoms with van der Waals surface area (Å²) in [4.78, 5) is 13.3. The highest BCUT2D eigenvalue weighted by Gasteiger charge is 2.48. The Morgan fingerprint density at radius 3 is 2.76 bits per heavy atom. The van der Waals surface area contributed by atoms with Crippen LogP contribution in [0.4, 0.5) is 4.79 Å². The van der Waals surface area contributed by atoms with Gasteiger partial charge < -0.3 is 14.7 Å². The van der Waals surface area contributed by atoms with Crippen molar-refractivity contribution in [2.45, 2.75) is 31.3 Å². The van der Waals surface area contributed by atoms with Crippen molar-refractivity contribution in [2.75, 3.05) is 19.8 Å². The first-order valence-electron chi connectivity index (χ1n) is 6.42. The number of fused-ring (bicyclic) bond motifs is 2. The summed E-state index contributed by atoms with van der Waals surface area (Å²) in [6.07, 6.45) is 1.23. The highest BCUT2D eigenvalue weighted by atomic mass is 32.3. The molecule has 2 rings (SSSR count). The van der Waals surface area contributed by atoms with Crippen LogP contribution in [0.15, 0.2) is 0 Å². The highest BCUT2D eigenvalue weighted by molar-refractivity contribution is 7.80. The molecule has 0 radical (unpaired) electrons. The number of aliphatic hydroxyl groups is 1. The van der Waals surface area contributed by atoms with E-state index in [1.54, 1.807) is 0 Å². The van der Waals surface area contributed by atoms with Crippen molar-refractivity contribution in [3.8, 4) is 0 Å². The van der Waals surface area contributed by atoms with Crippen LogP contribution in [0.5, 0.6) is 0 Å². The number of urea groups is 1. The van der Waals surface area contributed by atoms with E-state index in [0.717, 1.165) is 0 Å². The number of nitrogens with zero attached hydrogens (tertiary/aromatic N) is 2. The molecule has 11 heteroatoms. The maximum absolute atomic E-state index is 12.1. The van der Waals surface area contributed by atoms with Gasteiger partial charge in [-0.1, -0.05) is 0 Å². The number of ether oxygens (including phenoxy) is 1. The Morgan fingerprint density at radius 2 is 2.14 bits per heavy atom. The minimum absolute atomic E-state index is 0.0569. The van der Waals surface area contributed by atoms with E-state index >= 15 is 0 Å². The molecule has 21 heavy (non-hydrogen) atoms. The fourth-order valence-corrected chi connectivity index (χ4v) is 2.84. The summed E-state index contributed by atoms with van der Waals surface area (Å²) in [7, 11) is -4.77. The molecule has 2 aliphatic rings. The van der Waals surface area contributed by atoms with Crippen LogP contribution in [0.25, 0.3) is 0 Å². The molecule has 2 amide bonds. The van der Waals surface area contributed by atoms with Gasteiger partial charge in [0.2, 0.25) is 5.90 Å². The van der Waals surface area contributed by atoms with Gasteiger partial charge >= 0.3 is 16.4 Å². The first-order valence-corrected chi connectivity index (χ1v) is 7.79. The third-order valence-electron chi connectivity index (χ3n) is 3.36. The molecule has 0 unspecified atom stereocenters. The zero-order valence-corrected chi connectivity index (χ0v) is 12.0. The summed E-state index contributed by atoms with van der Waals surface area (Å²) in [5.74, 6) is -0.107. The Hall–Kier alpha value is -1.43. The van der Waals surface area contributed by atoms with E-state index in [1.165, 1.54) is 4.90 Å². The van der Waals surface area contributed by atoms with Crippen molar-refractivity contribution in [2.24, 2.45) is 0 Å². The molecule has 2 bridgehead atoms. The Labute approximate surface area is 121 Å². The third-order valence-corrected chi connectivity index (χ3v) is 3.71. The summed E-state index contributed by atoms with van der Waals surface area (Å²) in [5.41, 5.74) is 0. The van der Waals surface area contributed by atoms with Gasteiger partial charge in [0, 0.05) is 19.6 Å². The average Bonchev–Trinajstić information content (AvgIpc) is 2.63. The lowest BCUT2D eigenvalue weighted by Crippen LogP contribution is -2.45. The monoisotopic (exact) mass is 323 g/mol. The van der Waals surface area contributed by atoms with Gasteiger partial charge in [-0.05, 0) is 12.8 Å². The van der Waals surface area contributed by atoms with Gasteiger partial charge in [-0.15, -0.1) is 4.28 Å². The zero-order valence-electron chi connectivity index (χ0n) is 11.1. The first-order chi connectivity index (χ1) is 9.83. The van der Waals surface area contributed by atoms with E-state index in [1.807, 2.05) is 0 Å². The van der Waals surface area contributed by atoms with Gasteiger partial charge in [-0.2, -0.15) is 13.5 Å². The molecular formula is C10H17N3O7S. The van der Waals surface area contributed by atoms with Crippen molar-refractivity contribution in [3.63, 3.8) is 0 Å². The minimum Gasteiger partial charge on any atom is -0.480 e. The van der Waals surface area contributed by atoms with Crippen molar-refractivity contribution in [3.05, 3.63) is 0 Å². The summed E-state index contributed by atoms with van der Waals surface area (Å²) >= 11 is 0. The van der Waals surface area contributed by atoms with Gasteiger partial charge in [0.1, 0.15) is 6.04 Å². The lowest BCUT2D eigenvalue weighted by molar-refractivity contribution is -0.0316. The quantitative estimate of drug-likeness (QED) is 0.256. The SMILES string of the molecule is N=C(OCCCO)[C@@H]1CC[C@@H]2CN1C(=O)N2OS(=O)(=O)O. The molecule has 120 valence electrons. The molecule has 2 atom stereocenters. The number of rotatable bonds is 6. The van der Waals surface area contributed by atoms with E-state index in [4.69, 9.17) is 19.8 Å². The van der Waals surface area contributed by atoms with Gasteiger partial charge in [0.05, 0.1) is 12.6 Å². The smallest absolute Gasteiger partial charge is 0.418 e. The van der Waals surface area contributed by atoms with E-state index in [9.17, 15) is 13.2 Å². The second-order valence-electron chi connectivity index (χ2n) is 4.80. The maximum atomic E-state index is 12.1. The summed E-state index contributed by atoms with van der Waals surface area (Å²) < 4.78 is 39.6. The molecule has 3 N–H and O–H groups in total. The highest BCUT2D eigenvalue weighted by Crippen LogP contribution is 2.31. The molecule has 2 heterocycles. The fourth-order valence-electron chi connectivity index (χ4n) is 2.45. The number of carbonyl (C=O) groups excluding carboxylic acids is 1. The van der Waals surface area contributed by atoms with Crippen LogP contribution in [0.3, 0.4) is 0 Å². The number of nitrogens with one attached hydrogen (secondary N) is 1. The fraction of sp³-hybridized carbons (Fsp3) is 0.800. The van der Waals surface area contributed by atoms with Crippen molar-refractivity contribution >= 4 is 22.3 Å². The summed E-state index contributed by atoms with van der Waals surface area (Å²) in [5, 5.41) is 17.1. The largest absolute Gasteiger partial charge is 0.480 e. The molecular weight excluding hydrogens is 306 g/mol. The van der Waals surface area contributed by atoms with Crippen LogP contribution in [0, 0.1) is 5.41 Å². The van der Waals surface area contributed by atoms with Crippen LogP contribution >= 0.6 is 0 Å². The van der Waals surface area contributed by atoms with E-state index < -0.39 is 28.5 Å². The molecule has 0 aromatic rings. The lowest BCUT2D eigenvalue weighted by Gasteiger charge is -2.30. The molecule has 2 saturated heterocycles. The Kier molecular flexibility index (Phi) is 4.66. The first kappa shape index (κ1) is 15.9. The van der Waals surface area contributed by atoms with Crippen molar-refractivity contribution in [1.29, 1.82) is 5.41 Å². The Bertz CT molecular complexity index is 523. The Balaban J connectivity index is 2.01. The van der Waals surface area contributed by atoms with Crippen LogP contribution in [0.1, 0.15) is 19.3 Å². The maximum Gasteiger partial charge on any atom is 0.418 e. The number of hydroxylamine groups is 2. The van der Waals surface area contributed by atoms with Crippen LogP contribution < -0.4 is 0 Å². The van der Waals surface area contributed by atoms with Crippen LogP contribution in [-0.4, -0.2) is 71.8 Å². The number of carbonyl (C=O) groups is 1. The van der Waals surface area contributed by atoms with Gasteiger partial charge in [-0.3, -0.25) is 9.96 Å². The third kappa shape index (κ3) is 3.61. The van der Waals surface area contributed by atoms with Crippen molar-refractivity contribution in [1.82, 2.24) is 9.96 Å². The zero-order chi connectivity index (χ0) is 15.6. The molecule has 0 aliphatic carbocycles. The molecule has 2 aliphatic heterocycles. The van der Waals surface area contributed by atoms with Gasteiger partial charge in [0.15, 0.2) is 0 Å². The molecule has 10 nitrogen and oxygen atoms in total. The summed E-state index contributed by atoms with van der Waals surface area (Å²) in [6, 6.07) is -1.81. The predicted molar refractivity (Wildman–Crippen MR) is 68.8 cm³/mol. The molecule has 0 aromatic heterocycles. The number of hydrogen-bond acceptors (Lipinski definition) is 7. The second kappa shape index (κ2) is 6.13. The minimum atomic E-state index is -4.77. The number of aliphatic hydroxyl groups excluding tert-OH is 1. The second-order valence-corrected chi connectivity index (χ2v) is 5.80. The topological polar surface area (TPSA) is 140 Å². The molecule has 2 fully saturated rings. The Morgan fingerprint density at radius 1 is 1.43 bits per heavy atom. The molecule has 0 saturated carbocycles. The predicted octanol–water partition coefficient (Wildman–Crippen LogP) is -0.634. The van der Waals surface area contributed by atoms with E-state index in [2.05, 4.69) is 4.28 Å². The van der Waals surface area contributed by atoms with Crippen LogP contribution in [0.2, 0.25) is 0 Å². The van der Waals surface area contributed by atoms with Crippen LogP contribution in [-0.2, 0) is 19.4 Å². The molecule has 0 spiro atoms. The standard InChI is InChI=1S/C10H17N3O7S/c11-9(19-5-1-4-14)8-3-2-7-6-12(8)10(15)13(7)20-21(16,17)18/h7-8,11,14H,1-6H2,(H,16,17,18)/t7-,8+/m1/s1. The van der Waals surface area contributed by atoms with Crippen molar-refractivity contribution < 1.29 is 31.9 Å². The average molecular weight is 323 g/mol. The molecule has 0 aromatic carbocycles. The van der Waals surface area contributed by atoms with E-state index in [0.29, 0.717) is 24.3 Å². The van der Waals surface area contributed by atoms with Gasteiger partial charge in [0.25, 0.3) is 0 Å². The number of piperidine rings is 1. The summed E-state index contributed by atoms with van der Waals surface area (Å²) in [6.45, 7) is 0.311. The number of amides is 2. The lowest BCUT2D eigenvalue weighted by atomic mass is 10.0. The normalized spacial score (nSPS) is 25.3. The van der Waals surface area contributed by atoms with Gasteiger partial charge in [-0.25, -0.2) is 4.79 Å².